The van der Waals surface area contributed by atoms with E-state index in [0.717, 1.165) is 20.0 Å². The molecule has 1 aliphatic rings. The summed E-state index contributed by atoms with van der Waals surface area (Å²) in [5.74, 6) is -5.20. The van der Waals surface area contributed by atoms with Crippen molar-refractivity contribution in [2.24, 2.45) is 11.8 Å². The molecule has 35 heavy (non-hydrogen) atoms. The van der Waals surface area contributed by atoms with Gasteiger partial charge in [0.2, 0.25) is 17.7 Å². The van der Waals surface area contributed by atoms with Crippen molar-refractivity contribution < 1.29 is 38.6 Å². The number of carbonyl (C=O) groups is 5. The van der Waals surface area contributed by atoms with E-state index in [1.165, 1.54) is 12.2 Å². The summed E-state index contributed by atoms with van der Waals surface area (Å²) in [6.07, 6.45) is 4.86. The molecule has 1 rings (SSSR count). The number of aliphatic hydroxyl groups excluding tert-OH is 1. The van der Waals surface area contributed by atoms with Crippen LogP contribution in [0.15, 0.2) is 25.3 Å². The van der Waals surface area contributed by atoms with Crippen LogP contribution in [0.1, 0.15) is 39.0 Å². The van der Waals surface area contributed by atoms with Crippen LogP contribution in [0.5, 0.6) is 0 Å². The Bertz CT molecular complexity index is 779. The lowest BCUT2D eigenvalue weighted by Crippen LogP contribution is -2.51. The zero-order chi connectivity index (χ0) is 26.4. The first-order valence-electron chi connectivity index (χ1n) is 11.6. The minimum absolute atomic E-state index is 0.0243. The second-order valence-electron chi connectivity index (χ2n) is 8.40. The molecule has 0 radical (unpaired) electrons. The average molecular weight is 496 g/mol. The van der Waals surface area contributed by atoms with Crippen LogP contribution in [-0.2, 0) is 33.4 Å². The van der Waals surface area contributed by atoms with Gasteiger partial charge in [-0.05, 0) is 32.6 Å². The van der Waals surface area contributed by atoms with Crippen molar-refractivity contribution in [3.8, 4) is 0 Å². The highest BCUT2D eigenvalue weighted by molar-refractivity contribution is 6.01. The summed E-state index contributed by atoms with van der Waals surface area (Å²) in [5, 5.41) is 14.0. The average Bonchev–Trinajstić information content (AvgIpc) is 3.38. The van der Waals surface area contributed by atoms with Crippen LogP contribution in [0.2, 0.25) is 0 Å². The molecule has 3 amide bonds. The first-order valence-corrected chi connectivity index (χ1v) is 11.6. The summed E-state index contributed by atoms with van der Waals surface area (Å²) in [6.45, 7) is 9.16. The smallest absolute Gasteiger partial charge is 0.331 e. The predicted octanol–water partition coefficient (Wildman–Crippen LogP) is 0.0815. The number of aliphatic hydroxyl groups is 1. The molecule has 0 aliphatic carbocycles. The van der Waals surface area contributed by atoms with Gasteiger partial charge < -0.3 is 30.1 Å². The van der Waals surface area contributed by atoms with Crippen LogP contribution in [0.25, 0.3) is 0 Å². The molecule has 0 bridgehead atoms. The van der Waals surface area contributed by atoms with Crippen molar-refractivity contribution in [1.82, 2.24) is 15.5 Å². The Kier molecular flexibility index (Phi) is 13.3. The fourth-order valence-electron chi connectivity index (χ4n) is 3.53. The first kappa shape index (κ1) is 29.8. The summed E-state index contributed by atoms with van der Waals surface area (Å²) in [4.78, 5) is 64.2. The van der Waals surface area contributed by atoms with Gasteiger partial charge in [0, 0.05) is 25.6 Å². The summed E-state index contributed by atoms with van der Waals surface area (Å²) in [6, 6.07) is -1.95. The van der Waals surface area contributed by atoms with Crippen molar-refractivity contribution in [2.75, 3.05) is 33.4 Å². The minimum atomic E-state index is -1.37. The van der Waals surface area contributed by atoms with Gasteiger partial charge in [0.05, 0.1) is 19.6 Å². The van der Waals surface area contributed by atoms with Gasteiger partial charge in [-0.1, -0.05) is 12.2 Å². The third kappa shape index (κ3) is 9.89. The number of hydrogen-bond acceptors (Lipinski definition) is 8. The number of likely N-dealkylation sites (tertiary alicyclic amines) is 1. The second-order valence-corrected chi connectivity index (χ2v) is 8.40. The Morgan fingerprint density at radius 2 is 1.60 bits per heavy atom. The number of rotatable bonds is 15. The lowest BCUT2D eigenvalue weighted by molar-refractivity contribution is -0.157. The molecule has 0 saturated carbocycles. The number of amides is 3. The van der Waals surface area contributed by atoms with Crippen molar-refractivity contribution in [2.45, 2.75) is 51.1 Å². The van der Waals surface area contributed by atoms with Crippen molar-refractivity contribution in [3.63, 3.8) is 0 Å². The highest BCUT2D eigenvalue weighted by Crippen LogP contribution is 2.17. The number of methoxy groups -OCH3 is 1. The monoisotopic (exact) mass is 495 g/mol. The molecule has 0 aromatic heterocycles. The number of hydrogen-bond donors (Lipinski definition) is 3. The highest BCUT2D eigenvalue weighted by atomic mass is 16.5. The fourth-order valence-corrected chi connectivity index (χ4v) is 3.53. The maximum absolute atomic E-state index is 12.8. The number of esters is 2. The topological polar surface area (TPSA) is 151 Å². The Hall–Kier alpha value is -3.21. The normalized spacial score (nSPS) is 16.3. The quantitative estimate of drug-likeness (QED) is 0.164. The van der Waals surface area contributed by atoms with Gasteiger partial charge in [-0.15, -0.1) is 13.2 Å². The third-order valence-electron chi connectivity index (χ3n) is 5.56. The Balaban J connectivity index is 2.83. The van der Waals surface area contributed by atoms with Crippen LogP contribution >= 0.6 is 0 Å². The summed E-state index contributed by atoms with van der Waals surface area (Å²) in [7, 11) is 1.11. The maximum Gasteiger partial charge on any atom is 0.331 e. The predicted molar refractivity (Wildman–Crippen MR) is 127 cm³/mol. The van der Waals surface area contributed by atoms with E-state index in [1.54, 1.807) is 11.8 Å². The summed E-state index contributed by atoms with van der Waals surface area (Å²) in [5.41, 5.74) is 0. The van der Waals surface area contributed by atoms with Crippen molar-refractivity contribution in [3.05, 3.63) is 25.3 Å². The lowest BCUT2D eigenvalue weighted by Gasteiger charge is -2.23. The number of nitrogens with zero attached hydrogens (tertiary/aromatic N) is 1. The van der Waals surface area contributed by atoms with E-state index in [1.807, 2.05) is 0 Å². The van der Waals surface area contributed by atoms with Gasteiger partial charge in [-0.3, -0.25) is 19.2 Å². The van der Waals surface area contributed by atoms with Gasteiger partial charge in [-0.2, -0.15) is 0 Å². The molecule has 196 valence electrons. The van der Waals surface area contributed by atoms with Crippen molar-refractivity contribution >= 4 is 29.7 Å². The first-order chi connectivity index (χ1) is 16.7. The Morgan fingerprint density at radius 1 is 1.00 bits per heavy atom. The van der Waals surface area contributed by atoms with Gasteiger partial charge >= 0.3 is 11.9 Å². The third-order valence-corrected chi connectivity index (χ3v) is 5.56. The minimum Gasteiger partial charge on any atom is -0.467 e. The zero-order valence-electron chi connectivity index (χ0n) is 20.5. The lowest BCUT2D eigenvalue weighted by atomic mass is 10.0. The largest absolute Gasteiger partial charge is 0.467 e. The molecule has 11 nitrogen and oxygen atoms in total. The SMILES string of the molecule is C=CCC(C(=O)N[C@H](C)CO)C(=O)N[C@H](COC(=O)[C@H](CC=C)CC(=O)N1CCCC1)C(=O)OC. The Morgan fingerprint density at radius 3 is 2.14 bits per heavy atom. The van der Waals surface area contributed by atoms with Crippen LogP contribution in [0, 0.1) is 11.8 Å². The van der Waals surface area contributed by atoms with Crippen molar-refractivity contribution in [1.29, 1.82) is 0 Å². The van der Waals surface area contributed by atoms with Gasteiger partial charge in [-0.25, -0.2) is 4.79 Å². The van der Waals surface area contributed by atoms with E-state index in [9.17, 15) is 24.0 Å². The molecule has 1 aliphatic heterocycles. The number of allylic oxidation sites excluding steroid dienone is 2. The molecule has 1 fully saturated rings. The number of carbonyl (C=O) groups excluding carboxylic acids is 5. The number of nitrogens with one attached hydrogen (secondary N) is 2. The van der Waals surface area contributed by atoms with Gasteiger partial charge in [0.25, 0.3) is 0 Å². The molecule has 11 heteroatoms. The fraction of sp³-hybridized carbons (Fsp3) is 0.625. The maximum atomic E-state index is 12.8. The Labute approximate surface area is 205 Å². The molecule has 0 aromatic carbocycles. The van der Waals surface area contributed by atoms with Gasteiger partial charge in [0.15, 0.2) is 6.04 Å². The molecule has 0 spiro atoms. The van der Waals surface area contributed by atoms with Crippen LogP contribution in [0.3, 0.4) is 0 Å². The van der Waals surface area contributed by atoms with E-state index >= 15 is 0 Å². The molecule has 1 heterocycles. The summed E-state index contributed by atoms with van der Waals surface area (Å²) >= 11 is 0. The van der Waals surface area contributed by atoms with E-state index in [-0.39, 0.29) is 31.8 Å². The van der Waals surface area contributed by atoms with Crippen LogP contribution in [0.4, 0.5) is 0 Å². The molecule has 0 aromatic rings. The molecular formula is C24H37N3O8. The molecule has 3 N–H and O–H groups in total. The van der Waals surface area contributed by atoms with E-state index in [0.29, 0.717) is 13.1 Å². The molecule has 4 atom stereocenters. The van der Waals surface area contributed by atoms with Crippen LogP contribution < -0.4 is 10.6 Å². The van der Waals surface area contributed by atoms with Gasteiger partial charge in [0.1, 0.15) is 12.5 Å². The molecule has 1 saturated heterocycles. The second kappa shape index (κ2) is 15.6. The molecule has 1 unspecified atom stereocenters. The van der Waals surface area contributed by atoms with E-state index in [2.05, 4.69) is 23.8 Å². The highest BCUT2D eigenvalue weighted by Gasteiger charge is 2.32. The standard InChI is InChI=1S/C24H37N3O8/c1-5-9-17(13-20(29)27-11-7-8-12-27)23(32)35-15-19(24(33)34-4)26-22(31)18(10-6-2)21(30)25-16(3)14-28/h5-6,16-19,28H,1-2,7-15H2,3-4H3,(H,25,30)(H,26,31)/t16-,17-,18?,19-/m1/s1. The molecular weight excluding hydrogens is 458 g/mol. The summed E-state index contributed by atoms with van der Waals surface area (Å²) < 4.78 is 9.95. The van der Waals surface area contributed by atoms with E-state index < -0.39 is 54.3 Å². The van der Waals surface area contributed by atoms with Crippen LogP contribution in [-0.4, -0.2) is 85.2 Å². The number of ether oxygens (including phenoxy) is 2. The van der Waals surface area contributed by atoms with E-state index in [4.69, 9.17) is 14.6 Å². The zero-order valence-corrected chi connectivity index (χ0v) is 20.5.